The molecule has 0 saturated carbocycles. The van der Waals surface area contributed by atoms with Crippen molar-refractivity contribution >= 4 is 17.6 Å². The number of carboxylic acids is 1. The largest absolute Gasteiger partial charge is 0.478 e. The number of hydrogen-bond donors (Lipinski definition) is 1. The average Bonchev–Trinajstić information content (AvgIpc) is 3.01. The Kier molecular flexibility index (Phi) is 8.97. The van der Waals surface area contributed by atoms with Gasteiger partial charge in [-0.3, -0.25) is 4.90 Å². The van der Waals surface area contributed by atoms with Gasteiger partial charge in [-0.15, -0.1) is 0 Å². The number of carbonyl (C=O) groups excluding carboxylic acids is 1. The summed E-state index contributed by atoms with van der Waals surface area (Å²) in [7, 11) is 0. The van der Waals surface area contributed by atoms with E-state index in [1.54, 1.807) is 0 Å². The Morgan fingerprint density at radius 2 is 1.51 bits per heavy atom. The van der Waals surface area contributed by atoms with Crippen LogP contribution in [0.5, 0.6) is 0 Å². The van der Waals surface area contributed by atoms with Crippen LogP contribution in [0.2, 0.25) is 0 Å². The molecule has 1 N–H and O–H groups in total. The van der Waals surface area contributed by atoms with E-state index < -0.39 is 17.5 Å². The number of anilines is 1. The first kappa shape index (κ1) is 30.1. The van der Waals surface area contributed by atoms with E-state index in [0.717, 1.165) is 25.1 Å². The van der Waals surface area contributed by atoms with Crippen LogP contribution in [0.1, 0.15) is 67.9 Å². The van der Waals surface area contributed by atoms with Gasteiger partial charge in [0.2, 0.25) is 0 Å². The number of carbonyl (C=O) groups is 2. The van der Waals surface area contributed by atoms with Crippen LogP contribution >= 0.6 is 0 Å². The SMILES string of the molecule is CCN1CCc2ccc(c(C)c2)C(c2ccccc2)(N(CC)CCOC(=O)c2ccc(C(=O)O)cc2)c2ccc1cc2C. The smallest absolute Gasteiger partial charge is 0.338 e. The molecule has 4 aromatic carbocycles. The molecule has 0 aromatic heterocycles. The van der Waals surface area contributed by atoms with Gasteiger partial charge >= 0.3 is 11.9 Å². The highest BCUT2D eigenvalue weighted by atomic mass is 16.5. The third kappa shape index (κ3) is 5.80. The topological polar surface area (TPSA) is 70.1 Å². The van der Waals surface area contributed by atoms with Crippen LogP contribution in [-0.2, 0) is 16.7 Å². The van der Waals surface area contributed by atoms with E-state index in [1.165, 1.54) is 57.8 Å². The number of carboxylic acid groups (broad SMARTS) is 1. The number of benzene rings is 4. The fourth-order valence-electron chi connectivity index (χ4n) is 6.57. The van der Waals surface area contributed by atoms with Crippen LogP contribution in [0.4, 0.5) is 5.69 Å². The van der Waals surface area contributed by atoms with Crippen molar-refractivity contribution in [2.75, 3.05) is 37.7 Å². The van der Waals surface area contributed by atoms with E-state index in [-0.39, 0.29) is 12.2 Å². The molecule has 4 bridgehead atoms. The van der Waals surface area contributed by atoms with Crippen LogP contribution < -0.4 is 4.90 Å². The van der Waals surface area contributed by atoms with Crippen molar-refractivity contribution in [2.45, 2.75) is 39.7 Å². The Balaban J connectivity index is 1.60. The zero-order chi connectivity index (χ0) is 30.6. The van der Waals surface area contributed by atoms with E-state index in [2.05, 4.69) is 98.2 Å². The molecule has 0 aliphatic carbocycles. The number of aryl methyl sites for hydroxylation is 2. The lowest BCUT2D eigenvalue weighted by Gasteiger charge is -2.47. The normalized spacial score (nSPS) is 16.2. The number of hydrogen-bond acceptors (Lipinski definition) is 5. The van der Waals surface area contributed by atoms with Gasteiger partial charge in [0, 0.05) is 25.3 Å². The Bertz CT molecular complexity index is 1600. The van der Waals surface area contributed by atoms with Crippen LogP contribution in [0.15, 0.2) is 91.0 Å². The molecule has 4 aliphatic rings. The summed E-state index contributed by atoms with van der Waals surface area (Å²) in [5.41, 5.74) is 8.37. The second-order valence-electron chi connectivity index (χ2n) is 11.2. The minimum absolute atomic E-state index is 0.130. The number of ether oxygens (including phenoxy) is 1. The molecule has 0 fully saturated rings. The highest BCUT2D eigenvalue weighted by molar-refractivity contribution is 5.92. The zero-order valence-corrected chi connectivity index (χ0v) is 25.5. The van der Waals surface area contributed by atoms with Crippen molar-refractivity contribution in [1.82, 2.24) is 4.90 Å². The quantitative estimate of drug-likeness (QED) is 0.220. The first-order valence-corrected chi connectivity index (χ1v) is 15.1. The molecular weight excluding hydrogens is 536 g/mol. The van der Waals surface area contributed by atoms with E-state index in [1.807, 2.05) is 6.07 Å². The third-order valence-corrected chi connectivity index (χ3v) is 8.71. The maximum atomic E-state index is 12.9. The van der Waals surface area contributed by atoms with Crippen molar-refractivity contribution in [1.29, 1.82) is 0 Å². The molecule has 4 aromatic rings. The van der Waals surface area contributed by atoms with Gasteiger partial charge in [-0.25, -0.2) is 9.59 Å². The molecule has 0 saturated heterocycles. The predicted octanol–water partition coefficient (Wildman–Crippen LogP) is 6.85. The molecule has 0 radical (unpaired) electrons. The van der Waals surface area contributed by atoms with E-state index in [9.17, 15) is 14.7 Å². The standard InChI is InChI=1S/C37H40N2O4/c1-5-38-21-20-28-12-18-33(26(3)24-28)37(31-10-8-7-9-11-31,34-19-17-32(38)25-27(34)4)39(6-2)22-23-43-36(42)30-15-13-29(14-16-30)35(40)41/h7-19,24-25H,5-6,20-23H2,1-4H3,(H,40,41). The summed E-state index contributed by atoms with van der Waals surface area (Å²) in [6, 6.07) is 30.2. The predicted molar refractivity (Wildman–Crippen MR) is 171 cm³/mol. The lowest BCUT2D eigenvalue weighted by molar-refractivity contribution is 0.0410. The number of rotatable bonds is 9. The summed E-state index contributed by atoms with van der Waals surface area (Å²) in [6.45, 7) is 12.1. The van der Waals surface area contributed by atoms with Crippen molar-refractivity contribution in [3.8, 4) is 0 Å². The zero-order valence-electron chi connectivity index (χ0n) is 25.5. The van der Waals surface area contributed by atoms with Crippen molar-refractivity contribution in [2.24, 2.45) is 0 Å². The summed E-state index contributed by atoms with van der Waals surface area (Å²) >= 11 is 0. The van der Waals surface area contributed by atoms with Crippen LogP contribution in [0.25, 0.3) is 0 Å². The summed E-state index contributed by atoms with van der Waals surface area (Å²) in [5.74, 6) is -1.50. The lowest BCUT2D eigenvalue weighted by Crippen LogP contribution is -2.50. The Hall–Kier alpha value is -4.42. The monoisotopic (exact) mass is 576 g/mol. The fourth-order valence-corrected chi connectivity index (χ4v) is 6.57. The number of aromatic carboxylic acids is 1. The lowest BCUT2D eigenvalue weighted by atomic mass is 9.72. The van der Waals surface area contributed by atoms with E-state index >= 15 is 0 Å². The first-order chi connectivity index (χ1) is 20.8. The van der Waals surface area contributed by atoms with Crippen LogP contribution in [0.3, 0.4) is 0 Å². The second kappa shape index (κ2) is 12.8. The maximum absolute atomic E-state index is 12.9. The average molecular weight is 577 g/mol. The van der Waals surface area contributed by atoms with Gasteiger partial charge in [0.05, 0.1) is 16.7 Å². The highest BCUT2D eigenvalue weighted by Gasteiger charge is 2.43. The molecule has 1 atom stereocenters. The van der Waals surface area contributed by atoms with Gasteiger partial charge in [0.25, 0.3) is 0 Å². The molecule has 6 heteroatoms. The minimum Gasteiger partial charge on any atom is -0.478 e. The first-order valence-electron chi connectivity index (χ1n) is 15.1. The van der Waals surface area contributed by atoms with Crippen molar-refractivity contribution in [3.63, 3.8) is 0 Å². The van der Waals surface area contributed by atoms with Crippen molar-refractivity contribution in [3.05, 3.63) is 136 Å². The Labute approximate surface area is 254 Å². The summed E-state index contributed by atoms with van der Waals surface area (Å²) < 4.78 is 5.78. The number of likely N-dealkylation sites (N-methyl/N-ethyl adjacent to an activating group) is 2. The van der Waals surface area contributed by atoms with Gasteiger partial charge in [-0.2, -0.15) is 0 Å². The van der Waals surface area contributed by atoms with Gasteiger partial charge in [0.15, 0.2) is 0 Å². The summed E-state index contributed by atoms with van der Waals surface area (Å²) in [5, 5.41) is 9.19. The summed E-state index contributed by atoms with van der Waals surface area (Å²) in [6.07, 6.45) is 0.967. The molecule has 0 spiro atoms. The molecule has 43 heavy (non-hydrogen) atoms. The molecule has 6 nitrogen and oxygen atoms in total. The summed E-state index contributed by atoms with van der Waals surface area (Å²) in [4.78, 5) is 29.0. The number of nitrogens with zero attached hydrogens (tertiary/aromatic N) is 2. The Morgan fingerprint density at radius 1 is 0.860 bits per heavy atom. The molecule has 4 aliphatic heterocycles. The van der Waals surface area contributed by atoms with Gasteiger partial charge in [-0.1, -0.05) is 61.5 Å². The molecule has 0 amide bonds. The molecule has 222 valence electrons. The molecular formula is C37H40N2O4. The fraction of sp³-hybridized carbons (Fsp3) is 0.297. The van der Waals surface area contributed by atoms with Gasteiger partial charge in [-0.05, 0) is 104 Å². The molecule has 8 rings (SSSR count). The molecule has 4 heterocycles. The Morgan fingerprint density at radius 3 is 2.12 bits per heavy atom. The van der Waals surface area contributed by atoms with Gasteiger partial charge in [0.1, 0.15) is 6.61 Å². The third-order valence-electron chi connectivity index (χ3n) is 8.71. The maximum Gasteiger partial charge on any atom is 0.338 e. The van der Waals surface area contributed by atoms with Crippen LogP contribution in [0, 0.1) is 13.8 Å². The van der Waals surface area contributed by atoms with Gasteiger partial charge < -0.3 is 14.7 Å². The number of esters is 1. The van der Waals surface area contributed by atoms with E-state index in [0.29, 0.717) is 18.7 Å². The minimum atomic E-state index is -1.03. The second-order valence-corrected chi connectivity index (χ2v) is 11.2. The van der Waals surface area contributed by atoms with E-state index in [4.69, 9.17) is 4.74 Å². The molecule has 1 unspecified atom stereocenters. The highest BCUT2D eigenvalue weighted by Crippen LogP contribution is 2.46. The van der Waals surface area contributed by atoms with Crippen molar-refractivity contribution < 1.29 is 19.4 Å². The van der Waals surface area contributed by atoms with Crippen LogP contribution in [-0.4, -0.2) is 54.7 Å².